The maximum absolute atomic E-state index is 10.9. The first-order chi connectivity index (χ1) is 15.4. The second-order valence-electron chi connectivity index (χ2n) is 7.18. The van der Waals surface area contributed by atoms with Crippen LogP contribution in [0.5, 0.6) is 0 Å². The van der Waals surface area contributed by atoms with E-state index in [9.17, 15) is 10.1 Å². The lowest BCUT2D eigenvalue weighted by Crippen LogP contribution is -2.04. The minimum absolute atomic E-state index is 0.243. The van der Waals surface area contributed by atoms with Crippen LogP contribution in [-0.2, 0) is 9.47 Å². The molecule has 164 valence electrons. The standard InChI is InChI=1S/C25H25N3O4/c1-18-5-12-25-26-23(17-27(25)16-18)22-10-8-21(9-11-22)7-6-19(2)24(32-14-13-31-4)15-20(3)28(29)30/h5-12,15-17H,2-3,13-14H2,1,4H3/b7-6+,24-15+. The summed E-state index contributed by atoms with van der Waals surface area (Å²) in [5.74, 6) is 0.275. The Kier molecular flexibility index (Phi) is 7.36. The molecule has 0 atom stereocenters. The zero-order chi connectivity index (χ0) is 23.1. The summed E-state index contributed by atoms with van der Waals surface area (Å²) in [6.45, 7) is 10.0. The van der Waals surface area contributed by atoms with Crippen molar-refractivity contribution >= 4 is 11.7 Å². The summed E-state index contributed by atoms with van der Waals surface area (Å²) in [6.07, 6.45) is 8.92. The van der Waals surface area contributed by atoms with Crippen LogP contribution >= 0.6 is 0 Å². The Morgan fingerprint density at radius 1 is 1.16 bits per heavy atom. The number of hydrogen-bond donors (Lipinski definition) is 0. The molecule has 0 aliphatic heterocycles. The van der Waals surface area contributed by atoms with Crippen LogP contribution in [-0.4, -0.2) is 34.6 Å². The zero-order valence-corrected chi connectivity index (χ0v) is 18.2. The third-order valence-electron chi connectivity index (χ3n) is 4.68. The van der Waals surface area contributed by atoms with Crippen LogP contribution in [0, 0.1) is 17.0 Å². The van der Waals surface area contributed by atoms with E-state index < -0.39 is 4.92 Å². The van der Waals surface area contributed by atoms with Gasteiger partial charge in [0.25, 0.3) is 5.70 Å². The van der Waals surface area contributed by atoms with Gasteiger partial charge in [0, 0.05) is 30.6 Å². The lowest BCUT2D eigenvalue weighted by atomic mass is 10.1. The molecule has 0 N–H and O–H groups in total. The predicted molar refractivity (Wildman–Crippen MR) is 126 cm³/mol. The van der Waals surface area contributed by atoms with Gasteiger partial charge in [-0.25, -0.2) is 4.98 Å². The van der Waals surface area contributed by atoms with Gasteiger partial charge in [0.05, 0.1) is 23.3 Å². The molecule has 0 spiro atoms. The number of ether oxygens (including phenoxy) is 2. The molecule has 0 saturated carbocycles. The summed E-state index contributed by atoms with van der Waals surface area (Å²) in [5, 5.41) is 10.9. The molecular formula is C25H25N3O4. The van der Waals surface area contributed by atoms with E-state index in [-0.39, 0.29) is 18.1 Å². The quantitative estimate of drug-likeness (QED) is 0.145. The lowest BCUT2D eigenvalue weighted by Gasteiger charge is -2.10. The molecule has 3 rings (SSSR count). The van der Waals surface area contributed by atoms with Crippen molar-refractivity contribution in [3.63, 3.8) is 0 Å². The van der Waals surface area contributed by atoms with Gasteiger partial charge in [-0.3, -0.25) is 10.1 Å². The summed E-state index contributed by atoms with van der Waals surface area (Å²) in [4.78, 5) is 15.0. The Morgan fingerprint density at radius 2 is 1.91 bits per heavy atom. The van der Waals surface area contributed by atoms with E-state index in [0.29, 0.717) is 12.2 Å². The molecule has 3 aromatic rings. The van der Waals surface area contributed by atoms with E-state index in [4.69, 9.17) is 9.47 Å². The van der Waals surface area contributed by atoms with E-state index in [1.54, 1.807) is 13.2 Å². The van der Waals surface area contributed by atoms with Crippen LogP contribution in [0.1, 0.15) is 11.1 Å². The summed E-state index contributed by atoms with van der Waals surface area (Å²) < 4.78 is 12.6. The Labute approximate surface area is 186 Å². The molecule has 7 nitrogen and oxygen atoms in total. The van der Waals surface area contributed by atoms with Gasteiger partial charge in [-0.2, -0.15) is 0 Å². The maximum atomic E-state index is 10.9. The number of pyridine rings is 1. The molecule has 0 fully saturated rings. The molecule has 2 aromatic heterocycles. The molecule has 7 heteroatoms. The Bertz CT molecular complexity index is 1200. The summed E-state index contributed by atoms with van der Waals surface area (Å²) in [7, 11) is 1.55. The number of nitro groups is 1. The van der Waals surface area contributed by atoms with Gasteiger partial charge in [0.15, 0.2) is 0 Å². The summed E-state index contributed by atoms with van der Waals surface area (Å²) >= 11 is 0. The first-order valence-electron chi connectivity index (χ1n) is 9.97. The average molecular weight is 431 g/mol. The smallest absolute Gasteiger partial charge is 0.266 e. The summed E-state index contributed by atoms with van der Waals surface area (Å²) in [6, 6.07) is 12.0. The SMILES string of the molecule is C=C(/C=C/c1ccc(-c2cn3cc(C)ccc3n2)cc1)/C(=C\C(=C)[N+](=O)[O-])OCCOC. The molecule has 0 amide bonds. The van der Waals surface area contributed by atoms with Crippen molar-refractivity contribution in [3.05, 3.63) is 112 Å². The lowest BCUT2D eigenvalue weighted by molar-refractivity contribution is -0.418. The summed E-state index contributed by atoms with van der Waals surface area (Å²) in [5.41, 5.74) is 5.12. The number of benzene rings is 1. The van der Waals surface area contributed by atoms with Crippen molar-refractivity contribution in [2.45, 2.75) is 6.92 Å². The molecule has 0 radical (unpaired) electrons. The van der Waals surface area contributed by atoms with Crippen LogP contribution in [0.4, 0.5) is 0 Å². The first-order valence-corrected chi connectivity index (χ1v) is 9.97. The number of aryl methyl sites for hydroxylation is 1. The third kappa shape index (κ3) is 5.80. The normalized spacial score (nSPS) is 11.8. The molecular weight excluding hydrogens is 406 g/mol. The Morgan fingerprint density at radius 3 is 2.59 bits per heavy atom. The van der Waals surface area contributed by atoms with E-state index in [2.05, 4.69) is 18.1 Å². The highest BCUT2D eigenvalue weighted by Gasteiger charge is 2.09. The van der Waals surface area contributed by atoms with Crippen molar-refractivity contribution < 1.29 is 14.4 Å². The molecule has 32 heavy (non-hydrogen) atoms. The molecule has 0 unspecified atom stereocenters. The number of rotatable bonds is 10. The van der Waals surface area contributed by atoms with Crippen molar-refractivity contribution in [2.24, 2.45) is 0 Å². The first kappa shape index (κ1) is 22.7. The van der Waals surface area contributed by atoms with E-state index >= 15 is 0 Å². The number of methoxy groups -OCH3 is 1. The second-order valence-corrected chi connectivity index (χ2v) is 7.18. The number of allylic oxidation sites excluding steroid dienone is 2. The highest BCUT2D eigenvalue weighted by atomic mass is 16.6. The zero-order valence-electron chi connectivity index (χ0n) is 18.2. The van der Waals surface area contributed by atoms with Crippen LogP contribution < -0.4 is 0 Å². The fourth-order valence-electron chi connectivity index (χ4n) is 2.95. The van der Waals surface area contributed by atoms with Crippen LogP contribution in [0.15, 0.2) is 91.1 Å². The van der Waals surface area contributed by atoms with Crippen molar-refractivity contribution in [1.82, 2.24) is 9.38 Å². The van der Waals surface area contributed by atoms with Gasteiger partial charge in [0.2, 0.25) is 0 Å². The molecule has 1 aromatic carbocycles. The highest BCUT2D eigenvalue weighted by Crippen LogP contribution is 2.21. The van der Waals surface area contributed by atoms with Gasteiger partial charge in [-0.1, -0.05) is 49.1 Å². The minimum atomic E-state index is -0.573. The highest BCUT2D eigenvalue weighted by molar-refractivity contribution is 5.65. The van der Waals surface area contributed by atoms with E-state index in [1.807, 2.05) is 66.2 Å². The van der Waals surface area contributed by atoms with E-state index in [0.717, 1.165) is 22.5 Å². The predicted octanol–water partition coefficient (Wildman–Crippen LogP) is 5.22. The van der Waals surface area contributed by atoms with Gasteiger partial charge in [0.1, 0.15) is 18.0 Å². The largest absolute Gasteiger partial charge is 0.490 e. The second kappa shape index (κ2) is 10.4. The van der Waals surface area contributed by atoms with Gasteiger partial charge >= 0.3 is 0 Å². The molecule has 0 saturated heterocycles. The molecule has 2 heterocycles. The van der Waals surface area contributed by atoms with Crippen molar-refractivity contribution in [1.29, 1.82) is 0 Å². The monoisotopic (exact) mass is 431 g/mol. The van der Waals surface area contributed by atoms with Crippen LogP contribution in [0.3, 0.4) is 0 Å². The molecule has 0 aliphatic carbocycles. The van der Waals surface area contributed by atoms with E-state index in [1.165, 1.54) is 11.6 Å². The van der Waals surface area contributed by atoms with Gasteiger partial charge < -0.3 is 13.9 Å². The Hall–Kier alpha value is -3.97. The average Bonchev–Trinajstić information content (AvgIpc) is 3.20. The van der Waals surface area contributed by atoms with Gasteiger partial charge in [-0.05, 0) is 30.7 Å². The Balaban J connectivity index is 1.74. The third-order valence-corrected chi connectivity index (χ3v) is 4.68. The van der Waals surface area contributed by atoms with Crippen molar-refractivity contribution in [2.75, 3.05) is 20.3 Å². The number of aromatic nitrogens is 2. The molecule has 0 aliphatic rings. The van der Waals surface area contributed by atoms with Gasteiger partial charge in [-0.15, -0.1) is 0 Å². The minimum Gasteiger partial charge on any atom is -0.490 e. The fourth-order valence-corrected chi connectivity index (χ4v) is 2.95. The number of hydrogen-bond acceptors (Lipinski definition) is 5. The number of nitrogens with zero attached hydrogens (tertiary/aromatic N) is 3. The molecule has 0 bridgehead atoms. The number of fused-ring (bicyclic) bond motifs is 1. The topological polar surface area (TPSA) is 78.9 Å². The van der Waals surface area contributed by atoms with Crippen LogP contribution in [0.2, 0.25) is 0 Å². The fraction of sp³-hybridized carbons (Fsp3) is 0.160. The number of imidazole rings is 1. The van der Waals surface area contributed by atoms with Crippen molar-refractivity contribution in [3.8, 4) is 11.3 Å². The maximum Gasteiger partial charge on any atom is 0.266 e. The van der Waals surface area contributed by atoms with Crippen LogP contribution in [0.25, 0.3) is 23.0 Å².